The Balaban J connectivity index is 3.20. The largest absolute Gasteiger partial charge is 0.493 e. The minimum absolute atomic E-state index is 0.171. The van der Waals surface area contributed by atoms with Gasteiger partial charge in [0.2, 0.25) is 0 Å². The summed E-state index contributed by atoms with van der Waals surface area (Å²) in [5.74, 6) is 0.0650. The molecule has 0 atom stereocenters. The zero-order valence-corrected chi connectivity index (χ0v) is 7.90. The Kier molecular flexibility index (Phi) is 3.08. The number of ether oxygens (including phenoxy) is 2. The van der Waals surface area contributed by atoms with Gasteiger partial charge in [-0.2, -0.15) is 5.26 Å². The molecule has 0 saturated heterocycles. The molecule has 4 heteroatoms. The van der Waals surface area contributed by atoms with E-state index in [0.717, 1.165) is 0 Å². The molecule has 72 valence electrons. The molecule has 0 heterocycles. The van der Waals surface area contributed by atoms with Gasteiger partial charge >= 0.3 is 5.97 Å². The van der Waals surface area contributed by atoms with E-state index in [-0.39, 0.29) is 11.3 Å². The molecule has 0 aliphatic rings. The van der Waals surface area contributed by atoms with Crippen molar-refractivity contribution in [2.45, 2.75) is 6.92 Å². The third-order valence-electron chi connectivity index (χ3n) is 1.57. The predicted molar refractivity (Wildman–Crippen MR) is 49.0 cm³/mol. The van der Waals surface area contributed by atoms with Crippen molar-refractivity contribution < 1.29 is 14.3 Å². The van der Waals surface area contributed by atoms with Gasteiger partial charge < -0.3 is 9.47 Å². The van der Waals surface area contributed by atoms with E-state index in [9.17, 15) is 4.79 Å². The molecule has 0 saturated carbocycles. The lowest BCUT2D eigenvalue weighted by atomic mass is 10.2. The van der Waals surface area contributed by atoms with Crippen molar-refractivity contribution in [2.24, 2.45) is 0 Å². The molecule has 14 heavy (non-hydrogen) atoms. The van der Waals surface area contributed by atoms with Crippen LogP contribution >= 0.6 is 0 Å². The summed E-state index contributed by atoms with van der Waals surface area (Å²) in [5, 5.41) is 8.75. The smallest absolute Gasteiger partial charge is 0.308 e. The van der Waals surface area contributed by atoms with Crippen LogP contribution in [0.5, 0.6) is 11.5 Å². The van der Waals surface area contributed by atoms with Gasteiger partial charge in [0.1, 0.15) is 6.07 Å². The summed E-state index contributed by atoms with van der Waals surface area (Å²) in [4.78, 5) is 10.8. The highest BCUT2D eigenvalue weighted by Crippen LogP contribution is 2.30. The maximum absolute atomic E-state index is 10.8. The van der Waals surface area contributed by atoms with E-state index in [2.05, 4.69) is 0 Å². The standard InChI is InChI=1S/C10H9NO3/c1-7(12)14-10-8(6-11)4-3-5-9(10)13-2/h3-5H,1-2H3. The molecule has 0 spiro atoms. The van der Waals surface area contributed by atoms with E-state index >= 15 is 0 Å². The SMILES string of the molecule is COc1cccc(C#N)c1OC(C)=O. The first kappa shape index (κ1) is 10.1. The van der Waals surface area contributed by atoms with Crippen molar-refractivity contribution in [3.63, 3.8) is 0 Å². The molecule has 0 aliphatic heterocycles. The number of methoxy groups -OCH3 is 1. The fraction of sp³-hybridized carbons (Fsp3) is 0.200. The predicted octanol–water partition coefficient (Wildman–Crippen LogP) is 1.49. The van der Waals surface area contributed by atoms with Crippen molar-refractivity contribution in [1.82, 2.24) is 0 Å². The topological polar surface area (TPSA) is 59.3 Å². The van der Waals surface area contributed by atoms with E-state index in [1.807, 2.05) is 6.07 Å². The van der Waals surface area contributed by atoms with Gasteiger partial charge in [0.25, 0.3) is 0 Å². The molecule has 1 aromatic rings. The van der Waals surface area contributed by atoms with E-state index in [0.29, 0.717) is 5.75 Å². The number of hydrogen-bond donors (Lipinski definition) is 0. The van der Waals surface area contributed by atoms with Crippen LogP contribution in [-0.4, -0.2) is 13.1 Å². The van der Waals surface area contributed by atoms with Gasteiger partial charge in [-0.1, -0.05) is 6.07 Å². The summed E-state index contributed by atoms with van der Waals surface area (Å²) in [5.41, 5.74) is 0.277. The molecule has 0 aliphatic carbocycles. The number of nitrogens with zero attached hydrogens (tertiary/aromatic N) is 1. The molecule has 4 nitrogen and oxygen atoms in total. The number of carbonyl (C=O) groups excluding carboxylic acids is 1. The Labute approximate surface area is 81.7 Å². The van der Waals surface area contributed by atoms with E-state index in [4.69, 9.17) is 14.7 Å². The number of benzene rings is 1. The molecular formula is C10H9NO3. The lowest BCUT2D eigenvalue weighted by Crippen LogP contribution is -2.04. The maximum atomic E-state index is 10.8. The average Bonchev–Trinajstić information content (AvgIpc) is 2.17. The van der Waals surface area contributed by atoms with Crippen molar-refractivity contribution >= 4 is 5.97 Å². The molecule has 0 unspecified atom stereocenters. The number of hydrogen-bond acceptors (Lipinski definition) is 4. The first-order valence-corrected chi connectivity index (χ1v) is 3.94. The van der Waals surface area contributed by atoms with Crippen molar-refractivity contribution in [2.75, 3.05) is 7.11 Å². The Morgan fingerprint density at radius 2 is 2.21 bits per heavy atom. The van der Waals surface area contributed by atoms with Crippen molar-refractivity contribution in [1.29, 1.82) is 5.26 Å². The van der Waals surface area contributed by atoms with Gasteiger partial charge in [0, 0.05) is 6.92 Å². The van der Waals surface area contributed by atoms with Crippen LogP contribution in [0, 0.1) is 11.3 Å². The summed E-state index contributed by atoms with van der Waals surface area (Å²) < 4.78 is 9.83. The van der Waals surface area contributed by atoms with Gasteiger partial charge in [-0.25, -0.2) is 0 Å². The number of para-hydroxylation sites is 1. The van der Waals surface area contributed by atoms with E-state index in [1.54, 1.807) is 18.2 Å². The Morgan fingerprint density at radius 1 is 1.50 bits per heavy atom. The Hall–Kier alpha value is -2.02. The van der Waals surface area contributed by atoms with E-state index in [1.165, 1.54) is 14.0 Å². The van der Waals surface area contributed by atoms with Crippen LogP contribution in [0.3, 0.4) is 0 Å². The summed E-state index contributed by atoms with van der Waals surface area (Å²) in [6.45, 7) is 1.27. The summed E-state index contributed by atoms with van der Waals surface area (Å²) >= 11 is 0. The highest BCUT2D eigenvalue weighted by Gasteiger charge is 2.11. The van der Waals surface area contributed by atoms with Crippen LogP contribution in [0.15, 0.2) is 18.2 Å². The number of nitriles is 1. The molecule has 0 bridgehead atoms. The van der Waals surface area contributed by atoms with E-state index < -0.39 is 5.97 Å². The molecule has 1 rings (SSSR count). The molecule has 1 aromatic carbocycles. The van der Waals surface area contributed by atoms with Crippen LogP contribution in [-0.2, 0) is 4.79 Å². The third-order valence-corrected chi connectivity index (χ3v) is 1.57. The first-order chi connectivity index (χ1) is 6.69. The van der Waals surface area contributed by atoms with Gasteiger partial charge in [0.05, 0.1) is 12.7 Å². The number of carbonyl (C=O) groups is 1. The van der Waals surface area contributed by atoms with Crippen LogP contribution in [0.2, 0.25) is 0 Å². The summed E-state index contributed by atoms with van der Waals surface area (Å²) in [7, 11) is 1.45. The van der Waals surface area contributed by atoms with Crippen LogP contribution < -0.4 is 9.47 Å². The second-order valence-electron chi connectivity index (χ2n) is 2.54. The second kappa shape index (κ2) is 4.28. The fourth-order valence-electron chi connectivity index (χ4n) is 1.01. The second-order valence-corrected chi connectivity index (χ2v) is 2.54. The van der Waals surface area contributed by atoms with Crippen molar-refractivity contribution in [3.8, 4) is 17.6 Å². The highest BCUT2D eigenvalue weighted by molar-refractivity contribution is 5.72. The normalized spacial score (nSPS) is 8.93. The van der Waals surface area contributed by atoms with Gasteiger partial charge in [-0.05, 0) is 12.1 Å². The van der Waals surface area contributed by atoms with Crippen LogP contribution in [0.25, 0.3) is 0 Å². The number of esters is 1. The zero-order valence-electron chi connectivity index (χ0n) is 7.90. The molecule has 0 aromatic heterocycles. The minimum Gasteiger partial charge on any atom is -0.493 e. The molecule has 0 amide bonds. The lowest BCUT2D eigenvalue weighted by molar-refractivity contribution is -0.132. The molecular weight excluding hydrogens is 182 g/mol. The zero-order chi connectivity index (χ0) is 10.6. The first-order valence-electron chi connectivity index (χ1n) is 3.94. The number of rotatable bonds is 2. The van der Waals surface area contributed by atoms with Gasteiger partial charge in [-0.3, -0.25) is 4.79 Å². The third kappa shape index (κ3) is 2.02. The summed E-state index contributed by atoms with van der Waals surface area (Å²) in [6, 6.07) is 6.76. The van der Waals surface area contributed by atoms with Crippen molar-refractivity contribution in [3.05, 3.63) is 23.8 Å². The maximum Gasteiger partial charge on any atom is 0.308 e. The minimum atomic E-state index is -0.481. The quantitative estimate of drug-likeness (QED) is 0.525. The van der Waals surface area contributed by atoms with Gasteiger partial charge in [-0.15, -0.1) is 0 Å². The lowest BCUT2D eigenvalue weighted by Gasteiger charge is -2.08. The molecule has 0 fully saturated rings. The average molecular weight is 191 g/mol. The molecule has 0 N–H and O–H groups in total. The highest BCUT2D eigenvalue weighted by atomic mass is 16.6. The summed E-state index contributed by atoms with van der Waals surface area (Å²) in [6.07, 6.45) is 0. The van der Waals surface area contributed by atoms with Crippen LogP contribution in [0.4, 0.5) is 0 Å². The Bertz CT molecular complexity index is 393. The fourth-order valence-corrected chi connectivity index (χ4v) is 1.01. The Morgan fingerprint density at radius 3 is 2.71 bits per heavy atom. The molecule has 0 radical (unpaired) electrons. The van der Waals surface area contributed by atoms with Crippen LogP contribution in [0.1, 0.15) is 12.5 Å². The monoisotopic (exact) mass is 191 g/mol. The van der Waals surface area contributed by atoms with Gasteiger partial charge in [0.15, 0.2) is 11.5 Å².